The zero-order chi connectivity index (χ0) is 11.3. The molecule has 1 rings (SSSR count). The molecule has 4 unspecified atom stereocenters. The van der Waals surface area contributed by atoms with Crippen molar-refractivity contribution in [2.45, 2.75) is 31.4 Å². The van der Waals surface area contributed by atoms with Crippen molar-refractivity contribution in [2.75, 3.05) is 0 Å². The van der Waals surface area contributed by atoms with E-state index >= 15 is 0 Å². The highest BCUT2D eigenvalue weighted by atomic mass is 35.5. The molecular weight excluding hydrogens is 217 g/mol. The van der Waals surface area contributed by atoms with Crippen molar-refractivity contribution < 1.29 is 13.2 Å². The van der Waals surface area contributed by atoms with Gasteiger partial charge in [-0.05, 0) is 6.92 Å². The van der Waals surface area contributed by atoms with E-state index in [9.17, 15) is 13.2 Å². The summed E-state index contributed by atoms with van der Waals surface area (Å²) in [4.78, 5) is 0. The standard InChI is InChI=1S/C8H12ClF3N2/c1-3-4(10)5(9)8(12,14)6(13)7(3,2)11/h3,6H,13-14H2,1-2H3. The van der Waals surface area contributed by atoms with Gasteiger partial charge in [-0.2, -0.15) is 0 Å². The molecule has 6 heteroatoms. The van der Waals surface area contributed by atoms with Gasteiger partial charge in [0.15, 0.2) is 0 Å². The van der Waals surface area contributed by atoms with Crippen molar-refractivity contribution in [1.82, 2.24) is 0 Å². The van der Waals surface area contributed by atoms with E-state index in [2.05, 4.69) is 0 Å². The maximum absolute atomic E-state index is 13.8. The summed E-state index contributed by atoms with van der Waals surface area (Å²) < 4.78 is 40.6. The number of hydrogen-bond donors (Lipinski definition) is 2. The molecule has 82 valence electrons. The molecule has 0 bridgehead atoms. The average Bonchev–Trinajstić information content (AvgIpc) is 2.11. The largest absolute Gasteiger partial charge is 0.321 e. The first-order chi connectivity index (χ1) is 6.13. The van der Waals surface area contributed by atoms with Crippen LogP contribution >= 0.6 is 11.6 Å². The second-order valence-electron chi connectivity index (χ2n) is 3.78. The lowest BCUT2D eigenvalue weighted by Gasteiger charge is -2.43. The molecule has 4 N–H and O–H groups in total. The first-order valence-electron chi connectivity index (χ1n) is 4.11. The second kappa shape index (κ2) is 3.12. The van der Waals surface area contributed by atoms with Gasteiger partial charge in [-0.25, -0.2) is 13.2 Å². The number of alkyl halides is 2. The van der Waals surface area contributed by atoms with Gasteiger partial charge in [0.1, 0.15) is 16.5 Å². The summed E-state index contributed by atoms with van der Waals surface area (Å²) in [6.07, 6.45) is 0. The van der Waals surface area contributed by atoms with Crippen LogP contribution < -0.4 is 11.5 Å². The average molecular weight is 229 g/mol. The van der Waals surface area contributed by atoms with Crippen molar-refractivity contribution in [3.05, 3.63) is 10.9 Å². The Kier molecular flexibility index (Phi) is 2.63. The van der Waals surface area contributed by atoms with Crippen molar-refractivity contribution in [2.24, 2.45) is 17.4 Å². The molecule has 1 aliphatic carbocycles. The maximum atomic E-state index is 13.8. The minimum atomic E-state index is -2.85. The molecule has 14 heavy (non-hydrogen) atoms. The Bertz CT molecular complexity index is 288. The molecule has 0 saturated carbocycles. The molecule has 0 spiro atoms. The Morgan fingerprint density at radius 1 is 1.43 bits per heavy atom. The van der Waals surface area contributed by atoms with Gasteiger partial charge in [0, 0.05) is 5.92 Å². The smallest absolute Gasteiger partial charge is 0.216 e. The molecule has 0 saturated heterocycles. The number of nitrogens with two attached hydrogens (primary N) is 2. The summed E-state index contributed by atoms with van der Waals surface area (Å²) in [6.45, 7) is 2.25. The third kappa shape index (κ3) is 1.34. The van der Waals surface area contributed by atoms with Crippen molar-refractivity contribution in [3.63, 3.8) is 0 Å². The topological polar surface area (TPSA) is 52.0 Å². The normalized spacial score (nSPS) is 49.7. The van der Waals surface area contributed by atoms with E-state index in [1.807, 2.05) is 0 Å². The lowest BCUT2D eigenvalue weighted by molar-refractivity contribution is 0.000793. The predicted molar refractivity (Wildman–Crippen MR) is 48.7 cm³/mol. The van der Waals surface area contributed by atoms with E-state index in [-0.39, 0.29) is 0 Å². The molecular formula is C8H12ClF3N2. The monoisotopic (exact) mass is 228 g/mol. The fourth-order valence-corrected chi connectivity index (χ4v) is 1.72. The maximum Gasteiger partial charge on any atom is 0.216 e. The summed E-state index contributed by atoms with van der Waals surface area (Å²) >= 11 is 5.33. The lowest BCUT2D eigenvalue weighted by Crippen LogP contribution is -2.66. The lowest BCUT2D eigenvalue weighted by atomic mass is 9.76. The van der Waals surface area contributed by atoms with Gasteiger partial charge < -0.3 is 5.73 Å². The highest BCUT2D eigenvalue weighted by Gasteiger charge is 2.57. The quantitative estimate of drug-likeness (QED) is 0.621. The Morgan fingerprint density at radius 3 is 2.29 bits per heavy atom. The molecule has 0 amide bonds. The number of rotatable bonds is 0. The Morgan fingerprint density at radius 2 is 1.86 bits per heavy atom. The van der Waals surface area contributed by atoms with Crippen LogP contribution in [0.2, 0.25) is 0 Å². The summed E-state index contributed by atoms with van der Waals surface area (Å²) in [6, 6.07) is -1.68. The van der Waals surface area contributed by atoms with E-state index in [4.69, 9.17) is 23.1 Å². The first-order valence-corrected chi connectivity index (χ1v) is 4.49. The Hall–Kier alpha value is -0.260. The van der Waals surface area contributed by atoms with Crippen LogP contribution in [0, 0.1) is 5.92 Å². The van der Waals surface area contributed by atoms with Crippen LogP contribution in [-0.4, -0.2) is 17.5 Å². The van der Waals surface area contributed by atoms with Crippen LogP contribution in [0.5, 0.6) is 0 Å². The van der Waals surface area contributed by atoms with E-state index in [1.165, 1.54) is 6.92 Å². The zero-order valence-electron chi connectivity index (χ0n) is 7.82. The minimum absolute atomic E-state index is 0.840. The van der Waals surface area contributed by atoms with Gasteiger partial charge in [0.2, 0.25) is 5.79 Å². The predicted octanol–water partition coefficient (Wildman–Crippen LogP) is 1.74. The van der Waals surface area contributed by atoms with Crippen LogP contribution in [0.1, 0.15) is 13.8 Å². The van der Waals surface area contributed by atoms with E-state index in [0.717, 1.165) is 6.92 Å². The molecule has 1 aliphatic rings. The second-order valence-corrected chi connectivity index (χ2v) is 4.16. The number of halogens is 4. The summed E-state index contributed by atoms with van der Waals surface area (Å²) in [7, 11) is 0. The Labute approximate surface area is 85.1 Å². The molecule has 2 nitrogen and oxygen atoms in total. The first kappa shape index (κ1) is 11.8. The van der Waals surface area contributed by atoms with Gasteiger partial charge in [-0.3, -0.25) is 5.73 Å². The SMILES string of the molecule is CC1C(F)=C(Cl)C(N)(F)C(N)C1(C)F. The van der Waals surface area contributed by atoms with Crippen molar-refractivity contribution in [1.29, 1.82) is 0 Å². The molecule has 0 radical (unpaired) electrons. The van der Waals surface area contributed by atoms with Gasteiger partial charge in [0.25, 0.3) is 0 Å². The molecule has 0 aliphatic heterocycles. The Balaban J connectivity index is 3.31. The third-order valence-corrected chi connectivity index (χ3v) is 3.30. The summed E-state index contributed by atoms with van der Waals surface area (Å²) in [5, 5.41) is -0.840. The van der Waals surface area contributed by atoms with Crippen molar-refractivity contribution in [3.8, 4) is 0 Å². The number of hydrogen-bond acceptors (Lipinski definition) is 2. The van der Waals surface area contributed by atoms with Crippen LogP contribution in [0.25, 0.3) is 0 Å². The molecule has 4 atom stereocenters. The van der Waals surface area contributed by atoms with Crippen LogP contribution in [0.4, 0.5) is 13.2 Å². The third-order valence-electron chi connectivity index (χ3n) is 2.83. The van der Waals surface area contributed by atoms with E-state index in [1.54, 1.807) is 0 Å². The zero-order valence-corrected chi connectivity index (χ0v) is 8.58. The van der Waals surface area contributed by atoms with Crippen LogP contribution in [-0.2, 0) is 0 Å². The minimum Gasteiger partial charge on any atom is -0.321 e. The van der Waals surface area contributed by atoms with E-state index < -0.39 is 34.3 Å². The summed E-state index contributed by atoms with van der Waals surface area (Å²) in [5.41, 5.74) is 8.05. The van der Waals surface area contributed by atoms with Gasteiger partial charge >= 0.3 is 0 Å². The van der Waals surface area contributed by atoms with Gasteiger partial charge in [0.05, 0.1) is 6.04 Å². The van der Waals surface area contributed by atoms with Gasteiger partial charge in [-0.1, -0.05) is 18.5 Å². The fourth-order valence-electron chi connectivity index (χ4n) is 1.44. The molecule has 0 heterocycles. The van der Waals surface area contributed by atoms with Crippen LogP contribution in [0.15, 0.2) is 10.9 Å². The fraction of sp³-hybridized carbons (Fsp3) is 0.750. The molecule has 0 aromatic rings. The van der Waals surface area contributed by atoms with Gasteiger partial charge in [-0.15, -0.1) is 0 Å². The molecule has 0 fully saturated rings. The highest BCUT2D eigenvalue weighted by Crippen LogP contribution is 2.45. The van der Waals surface area contributed by atoms with E-state index in [0.29, 0.717) is 0 Å². The highest BCUT2D eigenvalue weighted by molar-refractivity contribution is 6.31. The summed E-state index contributed by atoms with van der Waals surface area (Å²) in [5.74, 6) is -5.12. The van der Waals surface area contributed by atoms with Crippen molar-refractivity contribution >= 4 is 11.6 Å². The molecule has 0 aromatic carbocycles. The van der Waals surface area contributed by atoms with Crippen LogP contribution in [0.3, 0.4) is 0 Å². The molecule has 0 aromatic heterocycles. The number of allylic oxidation sites excluding steroid dienone is 1.